The van der Waals surface area contributed by atoms with Crippen molar-refractivity contribution in [2.75, 3.05) is 13.1 Å². The van der Waals surface area contributed by atoms with Gasteiger partial charge in [-0.05, 0) is 26.7 Å². The summed E-state index contributed by atoms with van der Waals surface area (Å²) in [5.41, 5.74) is 5.36. The fraction of sp³-hybridized carbons (Fsp3) is 0.846. The van der Waals surface area contributed by atoms with Gasteiger partial charge in [-0.15, -0.1) is 0 Å². The number of nitrogens with two attached hydrogens (primary N) is 1. The van der Waals surface area contributed by atoms with Crippen LogP contribution < -0.4 is 5.73 Å². The van der Waals surface area contributed by atoms with Gasteiger partial charge in [0, 0.05) is 19.1 Å². The lowest BCUT2D eigenvalue weighted by atomic mass is 9.84. The molecule has 1 aliphatic rings. The molecule has 18 heavy (non-hydrogen) atoms. The molecule has 3 N–H and O–H groups in total. The Bertz CT molecular complexity index is 309. The molecule has 0 aromatic rings. The first-order valence-electron chi connectivity index (χ1n) is 6.66. The summed E-state index contributed by atoms with van der Waals surface area (Å²) in [6.07, 6.45) is 3.73. The fourth-order valence-electron chi connectivity index (χ4n) is 2.67. The molecule has 5 nitrogen and oxygen atoms in total. The maximum atomic E-state index is 12.6. The lowest BCUT2D eigenvalue weighted by Crippen LogP contribution is -2.49. The van der Waals surface area contributed by atoms with Crippen molar-refractivity contribution in [1.82, 2.24) is 4.90 Å². The van der Waals surface area contributed by atoms with Crippen LogP contribution in [0.5, 0.6) is 0 Å². The van der Waals surface area contributed by atoms with E-state index in [9.17, 15) is 9.59 Å². The van der Waals surface area contributed by atoms with Crippen LogP contribution in [-0.2, 0) is 9.59 Å². The van der Waals surface area contributed by atoms with E-state index in [1.54, 1.807) is 4.90 Å². The molecule has 0 saturated heterocycles. The van der Waals surface area contributed by atoms with Crippen LogP contribution in [0.3, 0.4) is 0 Å². The molecule has 1 fully saturated rings. The van der Waals surface area contributed by atoms with Gasteiger partial charge >= 0.3 is 5.97 Å². The lowest BCUT2D eigenvalue weighted by molar-refractivity contribution is -0.145. The molecule has 1 rings (SSSR count). The maximum absolute atomic E-state index is 12.6. The Morgan fingerprint density at radius 3 is 2.28 bits per heavy atom. The van der Waals surface area contributed by atoms with Gasteiger partial charge in [-0.3, -0.25) is 9.59 Å². The summed E-state index contributed by atoms with van der Waals surface area (Å²) in [7, 11) is 0. The van der Waals surface area contributed by atoms with Crippen LogP contribution in [0.2, 0.25) is 0 Å². The number of carboxylic acids is 1. The molecule has 0 aromatic carbocycles. The highest BCUT2D eigenvalue weighted by Gasteiger charge is 2.42. The molecule has 0 bridgehead atoms. The van der Waals surface area contributed by atoms with E-state index in [0.717, 1.165) is 25.7 Å². The normalized spacial score (nSPS) is 18.0. The number of carbonyl (C=O) groups is 2. The first-order chi connectivity index (χ1) is 8.43. The highest BCUT2D eigenvalue weighted by molar-refractivity contribution is 5.84. The zero-order valence-electron chi connectivity index (χ0n) is 11.3. The molecule has 0 aliphatic heterocycles. The van der Waals surface area contributed by atoms with Crippen LogP contribution >= 0.6 is 0 Å². The Morgan fingerprint density at radius 2 is 1.89 bits per heavy atom. The topological polar surface area (TPSA) is 83.6 Å². The number of carbonyl (C=O) groups excluding carboxylic acids is 1. The van der Waals surface area contributed by atoms with E-state index in [2.05, 4.69) is 0 Å². The van der Waals surface area contributed by atoms with Gasteiger partial charge in [0.25, 0.3) is 0 Å². The second kappa shape index (κ2) is 6.18. The van der Waals surface area contributed by atoms with Gasteiger partial charge in [-0.25, -0.2) is 0 Å². The number of hydrogen-bond acceptors (Lipinski definition) is 3. The first kappa shape index (κ1) is 15.0. The third kappa shape index (κ3) is 3.22. The van der Waals surface area contributed by atoms with Gasteiger partial charge in [-0.1, -0.05) is 12.8 Å². The Morgan fingerprint density at radius 1 is 1.33 bits per heavy atom. The third-order valence-electron chi connectivity index (χ3n) is 3.86. The minimum Gasteiger partial charge on any atom is -0.481 e. The predicted octanol–water partition coefficient (Wildman–Crippen LogP) is 1.22. The van der Waals surface area contributed by atoms with Crippen molar-refractivity contribution < 1.29 is 14.7 Å². The first-order valence-corrected chi connectivity index (χ1v) is 6.66. The summed E-state index contributed by atoms with van der Waals surface area (Å²) in [5, 5.41) is 8.75. The van der Waals surface area contributed by atoms with Crippen molar-refractivity contribution in [3.63, 3.8) is 0 Å². The standard InChI is InChI=1S/C13H24N2O3/c1-10(2)15(8-5-11(16)17)12(18)13(9-14)6-3-4-7-13/h10H,3-9,14H2,1-2H3,(H,16,17). The van der Waals surface area contributed by atoms with E-state index < -0.39 is 11.4 Å². The summed E-state index contributed by atoms with van der Waals surface area (Å²) >= 11 is 0. The molecular formula is C13H24N2O3. The maximum Gasteiger partial charge on any atom is 0.305 e. The highest BCUT2D eigenvalue weighted by Crippen LogP contribution is 2.39. The Hall–Kier alpha value is -1.10. The molecule has 1 amide bonds. The van der Waals surface area contributed by atoms with Crippen molar-refractivity contribution in [3.05, 3.63) is 0 Å². The fourth-order valence-corrected chi connectivity index (χ4v) is 2.67. The average molecular weight is 256 g/mol. The minimum atomic E-state index is -0.873. The van der Waals surface area contributed by atoms with Gasteiger partial charge in [0.2, 0.25) is 5.91 Å². The van der Waals surface area contributed by atoms with Crippen LogP contribution in [0.4, 0.5) is 0 Å². The highest BCUT2D eigenvalue weighted by atomic mass is 16.4. The molecule has 0 heterocycles. The van der Waals surface area contributed by atoms with Crippen molar-refractivity contribution >= 4 is 11.9 Å². The van der Waals surface area contributed by atoms with E-state index in [-0.39, 0.29) is 24.9 Å². The Kier molecular flexibility index (Phi) is 5.14. The van der Waals surface area contributed by atoms with Gasteiger partial charge < -0.3 is 15.7 Å². The third-order valence-corrected chi connectivity index (χ3v) is 3.86. The second-order valence-electron chi connectivity index (χ2n) is 5.43. The molecular weight excluding hydrogens is 232 g/mol. The van der Waals surface area contributed by atoms with Gasteiger partial charge in [0.15, 0.2) is 0 Å². The van der Waals surface area contributed by atoms with E-state index >= 15 is 0 Å². The zero-order chi connectivity index (χ0) is 13.8. The number of rotatable bonds is 6. The van der Waals surface area contributed by atoms with Crippen LogP contribution in [0.1, 0.15) is 46.0 Å². The summed E-state index contributed by atoms with van der Waals surface area (Å²) < 4.78 is 0. The molecule has 0 unspecified atom stereocenters. The molecule has 0 radical (unpaired) electrons. The summed E-state index contributed by atoms with van der Waals surface area (Å²) in [4.78, 5) is 24.9. The van der Waals surface area contributed by atoms with E-state index in [1.807, 2.05) is 13.8 Å². The molecule has 5 heteroatoms. The Labute approximate surface area is 108 Å². The number of nitrogens with zero attached hydrogens (tertiary/aromatic N) is 1. The zero-order valence-corrected chi connectivity index (χ0v) is 11.3. The number of aliphatic carboxylic acids is 1. The lowest BCUT2D eigenvalue weighted by Gasteiger charge is -2.35. The van der Waals surface area contributed by atoms with Crippen LogP contribution in [0, 0.1) is 5.41 Å². The van der Waals surface area contributed by atoms with Gasteiger partial charge in [0.1, 0.15) is 0 Å². The Balaban J connectivity index is 2.78. The van der Waals surface area contributed by atoms with E-state index in [1.165, 1.54) is 0 Å². The number of hydrogen-bond donors (Lipinski definition) is 2. The summed E-state index contributed by atoms with van der Waals surface area (Å²) in [5.74, 6) is -0.833. The van der Waals surface area contributed by atoms with Crippen LogP contribution in [-0.4, -0.2) is 41.0 Å². The van der Waals surface area contributed by atoms with Gasteiger partial charge in [-0.2, -0.15) is 0 Å². The summed E-state index contributed by atoms with van der Waals surface area (Å²) in [6.45, 7) is 4.47. The monoisotopic (exact) mass is 256 g/mol. The molecule has 0 aromatic heterocycles. The average Bonchev–Trinajstić information content (AvgIpc) is 2.77. The predicted molar refractivity (Wildman–Crippen MR) is 69.1 cm³/mol. The molecule has 1 saturated carbocycles. The van der Waals surface area contributed by atoms with E-state index in [4.69, 9.17) is 10.8 Å². The molecule has 1 aliphatic carbocycles. The van der Waals surface area contributed by atoms with E-state index in [0.29, 0.717) is 6.54 Å². The van der Waals surface area contributed by atoms with Crippen LogP contribution in [0.25, 0.3) is 0 Å². The van der Waals surface area contributed by atoms with Crippen molar-refractivity contribution in [1.29, 1.82) is 0 Å². The molecule has 0 atom stereocenters. The van der Waals surface area contributed by atoms with Crippen LogP contribution in [0.15, 0.2) is 0 Å². The SMILES string of the molecule is CC(C)N(CCC(=O)O)C(=O)C1(CN)CCCC1. The molecule has 0 spiro atoms. The summed E-state index contributed by atoms with van der Waals surface area (Å²) in [6, 6.07) is 0.0147. The number of amides is 1. The second-order valence-corrected chi connectivity index (χ2v) is 5.43. The largest absolute Gasteiger partial charge is 0.481 e. The quantitative estimate of drug-likeness (QED) is 0.748. The van der Waals surface area contributed by atoms with Crippen molar-refractivity contribution in [2.45, 2.75) is 52.0 Å². The smallest absolute Gasteiger partial charge is 0.305 e. The number of carboxylic acid groups (broad SMARTS) is 1. The van der Waals surface area contributed by atoms with Crippen molar-refractivity contribution in [3.8, 4) is 0 Å². The van der Waals surface area contributed by atoms with Crippen molar-refractivity contribution in [2.24, 2.45) is 11.1 Å². The minimum absolute atomic E-state index is 0.00935. The van der Waals surface area contributed by atoms with Gasteiger partial charge in [0.05, 0.1) is 11.8 Å². The molecule has 104 valence electrons.